The van der Waals surface area contributed by atoms with Gasteiger partial charge < -0.3 is 10.1 Å². The molecule has 0 unspecified atom stereocenters. The van der Waals surface area contributed by atoms with E-state index >= 15 is 0 Å². The Morgan fingerprint density at radius 3 is 1.93 bits per heavy atom. The summed E-state index contributed by atoms with van der Waals surface area (Å²) in [7, 11) is 0. The predicted octanol–water partition coefficient (Wildman–Crippen LogP) is 4.46. The molecule has 2 N–H and O–H groups in total. The number of hydrogen-bond acceptors (Lipinski definition) is 4. The summed E-state index contributed by atoms with van der Waals surface area (Å²) in [6.45, 7) is 1.65. The molecule has 0 fully saturated rings. The third kappa shape index (κ3) is 2.89. The maximum Gasteiger partial charge on any atom is 0.101 e. The lowest BCUT2D eigenvalue weighted by atomic mass is 10.0. The second-order valence-corrected chi connectivity index (χ2v) is 6.57. The summed E-state index contributed by atoms with van der Waals surface area (Å²) in [4.78, 5) is 17.3. The molecular formula is C22H16N4O. The largest absolute Gasteiger partial charge is 0.512 e. The highest BCUT2D eigenvalue weighted by Crippen LogP contribution is 2.24. The van der Waals surface area contributed by atoms with Crippen LogP contribution in [0.5, 0.6) is 0 Å². The van der Waals surface area contributed by atoms with Crippen molar-refractivity contribution in [1.82, 2.24) is 4.98 Å². The Kier molecular flexibility index (Phi) is 3.40. The van der Waals surface area contributed by atoms with Gasteiger partial charge in [-0.3, -0.25) is 0 Å². The smallest absolute Gasteiger partial charge is 0.101 e. The average molecular weight is 352 g/mol. The second-order valence-electron chi connectivity index (χ2n) is 6.57. The van der Waals surface area contributed by atoms with Gasteiger partial charge in [0.05, 0.1) is 39.8 Å². The fraction of sp³-hybridized carbons (Fsp3) is 0.0455. The van der Waals surface area contributed by atoms with Gasteiger partial charge in [0.15, 0.2) is 0 Å². The number of hydrogen-bond donors (Lipinski definition) is 2. The summed E-state index contributed by atoms with van der Waals surface area (Å²) in [5.74, 6) is 0.191. The number of aliphatic imine (C=N–C) groups is 3. The Morgan fingerprint density at radius 1 is 0.741 bits per heavy atom. The molecule has 1 aromatic rings. The van der Waals surface area contributed by atoms with Crippen LogP contribution in [0.15, 0.2) is 98.1 Å². The number of nitrogens with one attached hydrogen (secondary N) is 1. The summed E-state index contributed by atoms with van der Waals surface area (Å²) >= 11 is 0. The van der Waals surface area contributed by atoms with Gasteiger partial charge in [0.25, 0.3) is 0 Å². The molecule has 0 amide bonds. The molecule has 0 saturated heterocycles. The predicted molar refractivity (Wildman–Crippen MR) is 110 cm³/mol. The van der Waals surface area contributed by atoms with Crippen LogP contribution in [0.25, 0.3) is 12.2 Å². The highest BCUT2D eigenvalue weighted by Gasteiger charge is 2.20. The molecule has 5 rings (SSSR count). The van der Waals surface area contributed by atoms with Gasteiger partial charge in [-0.1, -0.05) is 0 Å². The molecule has 5 nitrogen and oxygen atoms in total. The number of nitrogens with zero attached hydrogens (tertiary/aromatic N) is 3. The first kappa shape index (κ1) is 15.5. The summed E-state index contributed by atoms with van der Waals surface area (Å²) in [5, 5.41) is 10.3. The van der Waals surface area contributed by atoms with E-state index in [4.69, 9.17) is 0 Å². The average Bonchev–Trinajstić information content (AvgIpc) is 3.39. The zero-order valence-electron chi connectivity index (χ0n) is 14.6. The van der Waals surface area contributed by atoms with Gasteiger partial charge in [-0.05, 0) is 73.7 Å². The minimum absolute atomic E-state index is 0.191. The zero-order valence-corrected chi connectivity index (χ0v) is 14.6. The number of fused-ring (bicyclic) bond motifs is 5. The molecule has 4 aliphatic heterocycles. The van der Waals surface area contributed by atoms with E-state index in [0.29, 0.717) is 17.0 Å². The van der Waals surface area contributed by atoms with Crippen molar-refractivity contribution >= 4 is 29.3 Å². The van der Waals surface area contributed by atoms with Gasteiger partial charge in [-0.25, -0.2) is 15.0 Å². The molecule has 130 valence electrons. The topological polar surface area (TPSA) is 73.1 Å². The highest BCUT2D eigenvalue weighted by atomic mass is 16.3. The van der Waals surface area contributed by atoms with E-state index in [9.17, 15) is 5.11 Å². The summed E-state index contributed by atoms with van der Waals surface area (Å²) in [5.41, 5.74) is 7.30. The van der Waals surface area contributed by atoms with Crippen molar-refractivity contribution in [2.24, 2.45) is 15.0 Å². The second kappa shape index (κ2) is 5.92. The number of aliphatic hydroxyl groups excluding tert-OH is 1. The Labute approximate surface area is 156 Å². The van der Waals surface area contributed by atoms with Crippen LogP contribution in [0.1, 0.15) is 18.3 Å². The highest BCUT2D eigenvalue weighted by molar-refractivity contribution is 6.33. The standard InChI is InChI=1S/C22H16N4O/c1-13(27)22-20-8-6-18(25-20)11-16-4-2-14(23-16)10-15-3-5-17(24-15)12-19-7-9-21(22)26-19/h2-12,23,27H,1H3. The fourth-order valence-electron chi connectivity index (χ4n) is 3.32. The van der Waals surface area contributed by atoms with E-state index in [1.54, 1.807) is 6.92 Å². The van der Waals surface area contributed by atoms with Crippen molar-refractivity contribution < 1.29 is 5.11 Å². The van der Waals surface area contributed by atoms with Gasteiger partial charge in [-0.2, -0.15) is 0 Å². The Balaban J connectivity index is 1.70. The van der Waals surface area contributed by atoms with Crippen LogP contribution in [-0.2, 0) is 0 Å². The van der Waals surface area contributed by atoms with Crippen molar-refractivity contribution in [3.63, 3.8) is 0 Å². The van der Waals surface area contributed by atoms with Gasteiger partial charge in [0.1, 0.15) is 5.76 Å². The normalized spacial score (nSPS) is 21.5. The molecule has 0 aliphatic carbocycles. The number of aromatic amines is 1. The van der Waals surface area contributed by atoms with E-state index < -0.39 is 0 Å². The van der Waals surface area contributed by atoms with Crippen LogP contribution in [0.2, 0.25) is 0 Å². The van der Waals surface area contributed by atoms with Crippen LogP contribution < -0.4 is 0 Å². The molecule has 0 saturated carbocycles. The van der Waals surface area contributed by atoms with Crippen LogP contribution >= 0.6 is 0 Å². The van der Waals surface area contributed by atoms with Gasteiger partial charge in [0, 0.05) is 11.4 Å². The van der Waals surface area contributed by atoms with Crippen molar-refractivity contribution in [3.05, 3.63) is 94.5 Å². The van der Waals surface area contributed by atoms with E-state index in [-0.39, 0.29) is 5.76 Å². The van der Waals surface area contributed by atoms with E-state index in [1.165, 1.54) is 0 Å². The van der Waals surface area contributed by atoms with Crippen LogP contribution in [0.3, 0.4) is 0 Å². The number of aliphatic hydroxyl groups is 1. The van der Waals surface area contributed by atoms with Crippen molar-refractivity contribution in [3.8, 4) is 0 Å². The molecule has 5 heteroatoms. The number of allylic oxidation sites excluding steroid dienone is 9. The molecule has 5 heterocycles. The summed E-state index contributed by atoms with van der Waals surface area (Å²) in [6.07, 6.45) is 17.5. The Bertz CT molecular complexity index is 1170. The minimum Gasteiger partial charge on any atom is -0.512 e. The first-order valence-electron chi connectivity index (χ1n) is 8.69. The van der Waals surface area contributed by atoms with Crippen LogP contribution in [0, 0.1) is 0 Å². The van der Waals surface area contributed by atoms with E-state index in [2.05, 4.69) is 20.0 Å². The third-order valence-corrected chi connectivity index (χ3v) is 4.51. The van der Waals surface area contributed by atoms with Crippen molar-refractivity contribution in [1.29, 1.82) is 0 Å². The third-order valence-electron chi connectivity index (χ3n) is 4.51. The van der Waals surface area contributed by atoms with Gasteiger partial charge in [-0.15, -0.1) is 0 Å². The molecule has 0 radical (unpaired) electrons. The molecule has 27 heavy (non-hydrogen) atoms. The number of rotatable bonds is 0. The molecule has 1 aromatic heterocycles. The molecular weight excluding hydrogens is 336 g/mol. The van der Waals surface area contributed by atoms with E-state index in [1.807, 2.05) is 66.8 Å². The van der Waals surface area contributed by atoms with Crippen LogP contribution in [-0.4, -0.2) is 27.2 Å². The zero-order chi connectivity index (χ0) is 18.4. The number of aromatic nitrogens is 1. The molecule has 0 atom stereocenters. The summed E-state index contributed by atoms with van der Waals surface area (Å²) in [6, 6.07) is 4.02. The van der Waals surface area contributed by atoms with Gasteiger partial charge in [0.2, 0.25) is 0 Å². The summed E-state index contributed by atoms with van der Waals surface area (Å²) < 4.78 is 0. The number of H-pyrrole nitrogens is 1. The van der Waals surface area contributed by atoms with E-state index in [0.717, 1.165) is 34.2 Å². The monoisotopic (exact) mass is 352 g/mol. The maximum absolute atomic E-state index is 10.3. The minimum atomic E-state index is 0.191. The Hall–Kier alpha value is -3.73. The molecule has 4 aliphatic rings. The molecule has 0 aromatic carbocycles. The fourth-order valence-corrected chi connectivity index (χ4v) is 3.32. The molecule has 8 bridgehead atoms. The Morgan fingerprint density at radius 2 is 1.30 bits per heavy atom. The van der Waals surface area contributed by atoms with Crippen LogP contribution in [0.4, 0.5) is 0 Å². The van der Waals surface area contributed by atoms with Gasteiger partial charge >= 0.3 is 0 Å². The lowest BCUT2D eigenvalue weighted by molar-refractivity contribution is 0.413. The van der Waals surface area contributed by atoms with Crippen molar-refractivity contribution in [2.75, 3.05) is 0 Å². The SMILES string of the molecule is CC(O)=C1C2=NC(=CC3=NC(=Cc4ccc([nH]4)C=C4C=CC1=N4)C=C3)C=C2. The first-order chi connectivity index (χ1) is 13.1. The lowest BCUT2D eigenvalue weighted by Crippen LogP contribution is -2.09. The quantitative estimate of drug-likeness (QED) is 0.665. The first-order valence-corrected chi connectivity index (χ1v) is 8.69. The maximum atomic E-state index is 10.3. The molecule has 0 spiro atoms. The lowest BCUT2D eigenvalue weighted by Gasteiger charge is -2.05. The van der Waals surface area contributed by atoms with Crippen molar-refractivity contribution in [2.45, 2.75) is 6.92 Å².